The lowest BCUT2D eigenvalue weighted by atomic mass is 9.75. The Labute approximate surface area is 82.1 Å². The second-order valence-corrected chi connectivity index (χ2v) is 5.69. The zero-order chi connectivity index (χ0) is 9.53. The van der Waals surface area contributed by atoms with E-state index in [2.05, 4.69) is 13.8 Å². The summed E-state index contributed by atoms with van der Waals surface area (Å²) in [4.78, 5) is 0. The molecular formula is C12H23N. The second kappa shape index (κ2) is 2.98. The minimum absolute atomic E-state index is 0.275. The molecule has 1 nitrogen and oxygen atoms in total. The van der Waals surface area contributed by atoms with Crippen LogP contribution in [0.25, 0.3) is 0 Å². The van der Waals surface area contributed by atoms with Crippen LogP contribution in [0.2, 0.25) is 0 Å². The van der Waals surface area contributed by atoms with E-state index in [9.17, 15) is 0 Å². The normalized spacial score (nSPS) is 50.5. The molecule has 76 valence electrons. The summed E-state index contributed by atoms with van der Waals surface area (Å²) >= 11 is 0. The van der Waals surface area contributed by atoms with Crippen molar-refractivity contribution in [2.45, 2.75) is 64.3 Å². The number of rotatable bonds is 1. The highest BCUT2D eigenvalue weighted by atomic mass is 14.9. The second-order valence-electron chi connectivity index (χ2n) is 5.69. The highest BCUT2D eigenvalue weighted by Crippen LogP contribution is 2.52. The first-order valence-corrected chi connectivity index (χ1v) is 5.87. The smallest absolute Gasteiger partial charge is 0.0187 e. The van der Waals surface area contributed by atoms with Crippen LogP contribution in [0.15, 0.2) is 0 Å². The van der Waals surface area contributed by atoms with Crippen LogP contribution in [-0.4, -0.2) is 5.54 Å². The standard InChI is InChI=1S/C12H23N/c1-3-11(2)6-4-5-10-9-12(10,13)8-7-11/h10H,3-9,13H2,1-2H3. The van der Waals surface area contributed by atoms with Crippen LogP contribution in [-0.2, 0) is 0 Å². The molecular weight excluding hydrogens is 158 g/mol. The molecule has 2 saturated carbocycles. The van der Waals surface area contributed by atoms with Crippen molar-refractivity contribution in [3.05, 3.63) is 0 Å². The Morgan fingerprint density at radius 1 is 1.31 bits per heavy atom. The van der Waals surface area contributed by atoms with Gasteiger partial charge in [-0.2, -0.15) is 0 Å². The van der Waals surface area contributed by atoms with E-state index in [0.29, 0.717) is 5.41 Å². The molecule has 3 unspecified atom stereocenters. The first kappa shape index (κ1) is 9.51. The minimum Gasteiger partial charge on any atom is -0.325 e. The van der Waals surface area contributed by atoms with Crippen molar-refractivity contribution >= 4 is 0 Å². The lowest BCUT2D eigenvalue weighted by Gasteiger charge is -2.32. The molecule has 2 N–H and O–H groups in total. The van der Waals surface area contributed by atoms with E-state index in [1.54, 1.807) is 0 Å². The van der Waals surface area contributed by atoms with E-state index in [0.717, 1.165) is 5.92 Å². The van der Waals surface area contributed by atoms with E-state index < -0.39 is 0 Å². The molecule has 0 aromatic carbocycles. The fourth-order valence-electron chi connectivity index (χ4n) is 2.88. The summed E-state index contributed by atoms with van der Waals surface area (Å²) < 4.78 is 0. The topological polar surface area (TPSA) is 26.0 Å². The zero-order valence-corrected chi connectivity index (χ0v) is 9.10. The van der Waals surface area contributed by atoms with E-state index in [-0.39, 0.29) is 5.54 Å². The van der Waals surface area contributed by atoms with Crippen molar-refractivity contribution in [3.8, 4) is 0 Å². The average molecular weight is 181 g/mol. The van der Waals surface area contributed by atoms with Gasteiger partial charge in [-0.25, -0.2) is 0 Å². The van der Waals surface area contributed by atoms with Crippen molar-refractivity contribution in [1.29, 1.82) is 0 Å². The van der Waals surface area contributed by atoms with Gasteiger partial charge in [-0.05, 0) is 43.4 Å². The molecule has 0 radical (unpaired) electrons. The number of hydrogen-bond donors (Lipinski definition) is 1. The van der Waals surface area contributed by atoms with E-state index in [1.807, 2.05) is 0 Å². The van der Waals surface area contributed by atoms with Crippen LogP contribution >= 0.6 is 0 Å². The Morgan fingerprint density at radius 2 is 2.08 bits per heavy atom. The van der Waals surface area contributed by atoms with E-state index in [4.69, 9.17) is 5.73 Å². The Bertz CT molecular complexity index is 201. The van der Waals surface area contributed by atoms with Crippen LogP contribution in [0.3, 0.4) is 0 Å². The average Bonchev–Trinajstić information content (AvgIpc) is 2.72. The first-order chi connectivity index (χ1) is 6.08. The SMILES string of the molecule is CCC1(C)CCCC2CC2(N)CC1. The molecule has 13 heavy (non-hydrogen) atoms. The molecule has 0 saturated heterocycles. The fourth-order valence-corrected chi connectivity index (χ4v) is 2.88. The van der Waals surface area contributed by atoms with Crippen molar-refractivity contribution in [2.75, 3.05) is 0 Å². The number of nitrogens with two attached hydrogens (primary N) is 1. The summed E-state index contributed by atoms with van der Waals surface area (Å²) in [6, 6.07) is 0. The first-order valence-electron chi connectivity index (χ1n) is 5.87. The molecule has 2 aliphatic carbocycles. The van der Waals surface area contributed by atoms with Gasteiger partial charge in [-0.1, -0.05) is 26.7 Å². The highest BCUT2D eigenvalue weighted by molar-refractivity contribution is 5.08. The molecule has 0 aliphatic heterocycles. The van der Waals surface area contributed by atoms with Crippen molar-refractivity contribution in [3.63, 3.8) is 0 Å². The molecule has 2 fully saturated rings. The Hall–Kier alpha value is -0.0400. The van der Waals surface area contributed by atoms with Crippen LogP contribution in [0.4, 0.5) is 0 Å². The maximum atomic E-state index is 6.30. The van der Waals surface area contributed by atoms with Crippen LogP contribution < -0.4 is 5.73 Å². The van der Waals surface area contributed by atoms with Crippen LogP contribution in [0, 0.1) is 11.3 Å². The van der Waals surface area contributed by atoms with Gasteiger partial charge in [-0.15, -0.1) is 0 Å². The van der Waals surface area contributed by atoms with Gasteiger partial charge < -0.3 is 5.73 Å². The number of fused-ring (bicyclic) bond motifs is 1. The summed E-state index contributed by atoms with van der Waals surface area (Å²) in [5.74, 6) is 0.883. The predicted octanol–water partition coefficient (Wildman–Crippen LogP) is 3.08. The third kappa shape index (κ3) is 1.76. The lowest BCUT2D eigenvalue weighted by molar-refractivity contribution is 0.216. The van der Waals surface area contributed by atoms with Gasteiger partial charge in [0.1, 0.15) is 0 Å². The molecule has 0 heterocycles. The lowest BCUT2D eigenvalue weighted by Crippen LogP contribution is -2.30. The van der Waals surface area contributed by atoms with Crippen LogP contribution in [0.5, 0.6) is 0 Å². The molecule has 2 aliphatic rings. The molecule has 1 heteroatoms. The van der Waals surface area contributed by atoms with Gasteiger partial charge in [0, 0.05) is 5.54 Å². The van der Waals surface area contributed by atoms with E-state index in [1.165, 1.54) is 44.9 Å². The summed E-state index contributed by atoms with van der Waals surface area (Å²) in [6.07, 6.45) is 9.51. The van der Waals surface area contributed by atoms with Gasteiger partial charge in [0.25, 0.3) is 0 Å². The van der Waals surface area contributed by atoms with Crippen molar-refractivity contribution < 1.29 is 0 Å². The zero-order valence-electron chi connectivity index (χ0n) is 9.10. The summed E-state index contributed by atoms with van der Waals surface area (Å²) in [5.41, 5.74) is 7.17. The highest BCUT2D eigenvalue weighted by Gasteiger charge is 2.51. The minimum atomic E-state index is 0.275. The van der Waals surface area contributed by atoms with Gasteiger partial charge in [0.15, 0.2) is 0 Å². The molecule has 0 bridgehead atoms. The summed E-state index contributed by atoms with van der Waals surface area (Å²) in [6.45, 7) is 4.77. The predicted molar refractivity (Wildman–Crippen MR) is 56.5 cm³/mol. The monoisotopic (exact) mass is 181 g/mol. The Kier molecular flexibility index (Phi) is 2.18. The third-order valence-corrected chi connectivity index (χ3v) is 4.66. The van der Waals surface area contributed by atoms with Gasteiger partial charge in [-0.3, -0.25) is 0 Å². The summed E-state index contributed by atoms with van der Waals surface area (Å²) in [7, 11) is 0. The quantitative estimate of drug-likeness (QED) is 0.661. The Balaban J connectivity index is 1.98. The largest absolute Gasteiger partial charge is 0.325 e. The molecule has 0 amide bonds. The van der Waals surface area contributed by atoms with Gasteiger partial charge >= 0.3 is 0 Å². The fraction of sp³-hybridized carbons (Fsp3) is 1.00. The number of hydrogen-bond acceptors (Lipinski definition) is 1. The molecule has 0 aromatic rings. The van der Waals surface area contributed by atoms with Crippen molar-refractivity contribution in [2.24, 2.45) is 17.1 Å². The molecule has 2 rings (SSSR count). The maximum absolute atomic E-state index is 6.30. The summed E-state index contributed by atoms with van der Waals surface area (Å²) in [5, 5.41) is 0. The molecule has 0 aromatic heterocycles. The van der Waals surface area contributed by atoms with Crippen molar-refractivity contribution in [1.82, 2.24) is 0 Å². The van der Waals surface area contributed by atoms with Gasteiger partial charge in [0.05, 0.1) is 0 Å². The maximum Gasteiger partial charge on any atom is 0.0187 e. The Morgan fingerprint density at radius 3 is 2.77 bits per heavy atom. The molecule has 0 spiro atoms. The van der Waals surface area contributed by atoms with Crippen LogP contribution in [0.1, 0.15) is 58.8 Å². The third-order valence-electron chi connectivity index (χ3n) is 4.66. The van der Waals surface area contributed by atoms with Gasteiger partial charge in [0.2, 0.25) is 0 Å². The van der Waals surface area contributed by atoms with E-state index >= 15 is 0 Å². The molecule has 3 atom stereocenters.